The Morgan fingerprint density at radius 1 is 1.40 bits per heavy atom. The molecule has 0 bridgehead atoms. The second kappa shape index (κ2) is 5.42. The molecule has 3 rings (SSSR count). The molecule has 102 valence electrons. The zero-order chi connectivity index (χ0) is 13.9. The van der Waals surface area contributed by atoms with Gasteiger partial charge < -0.3 is 4.84 Å². The number of aryl methyl sites for hydroxylation is 1. The molecule has 5 nitrogen and oxygen atoms in total. The van der Waals surface area contributed by atoms with Crippen LogP contribution < -0.4 is 5.32 Å². The number of amides is 1. The summed E-state index contributed by atoms with van der Waals surface area (Å²) in [5.74, 6) is -0.252. The first kappa shape index (κ1) is 12.8. The van der Waals surface area contributed by atoms with E-state index in [1.165, 1.54) is 11.3 Å². The minimum Gasteiger partial charge on any atom is -0.387 e. The number of benzene rings is 1. The van der Waals surface area contributed by atoms with Crippen molar-refractivity contribution < 1.29 is 9.63 Å². The molecule has 1 unspecified atom stereocenters. The Morgan fingerprint density at radius 3 is 2.90 bits per heavy atom. The van der Waals surface area contributed by atoms with E-state index < -0.39 is 0 Å². The highest BCUT2D eigenvalue weighted by molar-refractivity contribution is 7.15. The Labute approximate surface area is 120 Å². The van der Waals surface area contributed by atoms with Crippen LogP contribution in [0.2, 0.25) is 0 Å². The average molecular weight is 287 g/mol. The summed E-state index contributed by atoms with van der Waals surface area (Å²) < 4.78 is 0. The van der Waals surface area contributed by atoms with Gasteiger partial charge >= 0.3 is 0 Å². The van der Waals surface area contributed by atoms with Crippen molar-refractivity contribution in [3.8, 4) is 0 Å². The summed E-state index contributed by atoms with van der Waals surface area (Å²) in [6, 6.07) is 9.75. The van der Waals surface area contributed by atoms with Crippen LogP contribution in [0.1, 0.15) is 23.0 Å². The van der Waals surface area contributed by atoms with E-state index in [9.17, 15) is 4.79 Å². The van der Waals surface area contributed by atoms with Crippen molar-refractivity contribution in [3.05, 3.63) is 47.0 Å². The van der Waals surface area contributed by atoms with Crippen molar-refractivity contribution in [1.29, 1.82) is 0 Å². The normalized spacial score (nSPS) is 17.4. The van der Waals surface area contributed by atoms with Crippen molar-refractivity contribution >= 4 is 28.1 Å². The minimum absolute atomic E-state index is 0.185. The minimum atomic E-state index is -0.252. The molecular weight excluding hydrogens is 274 g/mol. The molecular formula is C14H13N3O2S. The molecule has 1 aliphatic heterocycles. The number of hydrogen-bond donors (Lipinski definition) is 1. The second-order valence-corrected chi connectivity index (χ2v) is 5.71. The molecule has 1 atom stereocenters. The van der Waals surface area contributed by atoms with Crippen molar-refractivity contribution in [1.82, 2.24) is 4.98 Å². The number of hydrogen-bond acceptors (Lipinski definition) is 5. The Hall–Kier alpha value is -2.21. The highest BCUT2D eigenvalue weighted by atomic mass is 32.1. The zero-order valence-corrected chi connectivity index (χ0v) is 11.7. The van der Waals surface area contributed by atoms with Gasteiger partial charge in [0.15, 0.2) is 11.2 Å². The molecule has 1 aromatic carbocycles. The summed E-state index contributed by atoms with van der Waals surface area (Å²) >= 11 is 1.43. The van der Waals surface area contributed by atoms with Gasteiger partial charge in [-0.05, 0) is 12.5 Å². The van der Waals surface area contributed by atoms with Gasteiger partial charge in [0.05, 0.1) is 0 Å². The van der Waals surface area contributed by atoms with Gasteiger partial charge in [-0.1, -0.05) is 35.5 Å². The van der Waals surface area contributed by atoms with Crippen molar-refractivity contribution in [3.63, 3.8) is 0 Å². The number of aromatic nitrogens is 1. The molecule has 2 heterocycles. The summed E-state index contributed by atoms with van der Waals surface area (Å²) in [6.07, 6.45) is 2.01. The first-order valence-corrected chi connectivity index (χ1v) is 7.05. The van der Waals surface area contributed by atoms with Gasteiger partial charge in [0.1, 0.15) is 5.71 Å². The molecule has 1 aromatic heterocycles. The lowest BCUT2D eigenvalue weighted by atomic mass is 10.0. The van der Waals surface area contributed by atoms with Gasteiger partial charge in [0, 0.05) is 17.5 Å². The molecule has 20 heavy (non-hydrogen) atoms. The third kappa shape index (κ3) is 2.70. The van der Waals surface area contributed by atoms with Gasteiger partial charge in [-0.2, -0.15) is 0 Å². The molecule has 1 amide bonds. The molecule has 0 radical (unpaired) electrons. The number of carbonyl (C=O) groups is 1. The maximum absolute atomic E-state index is 12.0. The van der Waals surface area contributed by atoms with E-state index in [1.807, 2.05) is 37.3 Å². The standard InChI is InChI=1S/C14H13N3O2S/c1-9-8-15-14(20-9)16-13(18)11-7-12(19-17-11)10-5-3-2-4-6-10/h2-6,8,12H,7H2,1H3,(H,15,16,18). The predicted molar refractivity (Wildman–Crippen MR) is 77.8 cm³/mol. The molecule has 0 spiro atoms. The van der Waals surface area contributed by atoms with Crippen LogP contribution in [0.5, 0.6) is 0 Å². The number of oxime groups is 1. The Bertz CT molecular complexity index is 651. The molecule has 0 aliphatic carbocycles. The van der Waals surface area contributed by atoms with Gasteiger partial charge in [-0.3, -0.25) is 10.1 Å². The van der Waals surface area contributed by atoms with E-state index in [-0.39, 0.29) is 12.0 Å². The van der Waals surface area contributed by atoms with Crippen molar-refractivity contribution in [2.75, 3.05) is 5.32 Å². The number of thiazole rings is 1. The lowest BCUT2D eigenvalue weighted by Gasteiger charge is -2.07. The lowest BCUT2D eigenvalue weighted by Crippen LogP contribution is -2.21. The van der Waals surface area contributed by atoms with Gasteiger partial charge in [0.2, 0.25) is 0 Å². The maximum atomic E-state index is 12.0. The van der Waals surface area contributed by atoms with Crippen LogP contribution in [0, 0.1) is 6.92 Å². The fraction of sp³-hybridized carbons (Fsp3) is 0.214. The topological polar surface area (TPSA) is 63.6 Å². The summed E-state index contributed by atoms with van der Waals surface area (Å²) in [5, 5.41) is 7.19. The number of nitrogens with zero attached hydrogens (tertiary/aromatic N) is 2. The zero-order valence-electron chi connectivity index (χ0n) is 10.9. The molecule has 2 aromatic rings. The fourth-order valence-corrected chi connectivity index (χ4v) is 2.60. The van der Waals surface area contributed by atoms with Crippen LogP contribution in [0.4, 0.5) is 5.13 Å². The predicted octanol–water partition coefficient (Wildman–Crippen LogP) is 2.91. The largest absolute Gasteiger partial charge is 0.387 e. The van der Waals surface area contributed by atoms with Crippen molar-refractivity contribution in [2.45, 2.75) is 19.4 Å². The summed E-state index contributed by atoms with van der Waals surface area (Å²) in [6.45, 7) is 1.94. The van der Waals surface area contributed by atoms with E-state index in [1.54, 1.807) is 6.20 Å². The smallest absolute Gasteiger partial charge is 0.275 e. The van der Waals surface area contributed by atoms with Gasteiger partial charge in [-0.25, -0.2) is 4.98 Å². The van der Waals surface area contributed by atoms with Crippen molar-refractivity contribution in [2.24, 2.45) is 5.16 Å². The quantitative estimate of drug-likeness (QED) is 0.944. The molecule has 1 N–H and O–H groups in total. The number of carbonyl (C=O) groups excluding carboxylic acids is 1. The molecule has 6 heteroatoms. The molecule has 1 aliphatic rings. The van der Waals surface area contributed by atoms with E-state index in [4.69, 9.17) is 4.84 Å². The van der Waals surface area contributed by atoms with Crippen LogP contribution in [-0.4, -0.2) is 16.6 Å². The lowest BCUT2D eigenvalue weighted by molar-refractivity contribution is -0.110. The van der Waals surface area contributed by atoms with Crippen LogP contribution in [-0.2, 0) is 9.63 Å². The van der Waals surface area contributed by atoms with Gasteiger partial charge in [-0.15, -0.1) is 11.3 Å². The fourth-order valence-electron chi connectivity index (χ4n) is 1.94. The maximum Gasteiger partial charge on any atom is 0.275 e. The highest BCUT2D eigenvalue weighted by Gasteiger charge is 2.27. The summed E-state index contributed by atoms with van der Waals surface area (Å²) in [4.78, 5) is 22.5. The third-order valence-corrected chi connectivity index (χ3v) is 3.77. The van der Waals surface area contributed by atoms with Gasteiger partial charge in [0.25, 0.3) is 5.91 Å². The molecule has 0 fully saturated rings. The molecule has 0 saturated carbocycles. The van der Waals surface area contributed by atoms with E-state index in [2.05, 4.69) is 15.5 Å². The highest BCUT2D eigenvalue weighted by Crippen LogP contribution is 2.27. The molecule has 0 saturated heterocycles. The monoisotopic (exact) mass is 287 g/mol. The third-order valence-electron chi connectivity index (χ3n) is 2.94. The number of nitrogens with one attached hydrogen (secondary N) is 1. The van der Waals surface area contributed by atoms with E-state index in [0.717, 1.165) is 10.4 Å². The second-order valence-electron chi connectivity index (χ2n) is 4.48. The number of rotatable bonds is 3. The van der Waals surface area contributed by atoms with Crippen LogP contribution >= 0.6 is 11.3 Å². The SMILES string of the molecule is Cc1cnc(NC(=O)C2=NOC(c3ccccc3)C2)s1. The summed E-state index contributed by atoms with van der Waals surface area (Å²) in [7, 11) is 0. The first-order chi connectivity index (χ1) is 9.72. The Balaban J connectivity index is 1.63. The van der Waals surface area contributed by atoms with Crippen LogP contribution in [0.3, 0.4) is 0 Å². The average Bonchev–Trinajstić information content (AvgIpc) is 3.09. The Kier molecular flexibility index (Phi) is 3.47. The Morgan fingerprint density at radius 2 is 2.20 bits per heavy atom. The summed E-state index contributed by atoms with van der Waals surface area (Å²) in [5.41, 5.74) is 1.41. The van der Waals surface area contributed by atoms with Crippen LogP contribution in [0.15, 0.2) is 41.7 Å². The van der Waals surface area contributed by atoms with Crippen LogP contribution in [0.25, 0.3) is 0 Å². The first-order valence-electron chi connectivity index (χ1n) is 6.24. The van der Waals surface area contributed by atoms with E-state index in [0.29, 0.717) is 17.3 Å². The van der Waals surface area contributed by atoms with E-state index >= 15 is 0 Å². The number of anilines is 1.